The maximum atomic E-state index is 11.4. The van der Waals surface area contributed by atoms with Gasteiger partial charge < -0.3 is 4.90 Å². The molecule has 70 heavy (non-hydrogen) atoms. The SMILES string of the molecule is CCCCCCN(CCCCCC)c1ccc(/C=C/c2cc3c(/C=C/c4ccc([N+](=O)[O-])cc4)cc2CCc2cc(/C=C\c4ccc([N+](=O)[O-])cc4)c(cc2/C=C/c2ccc([N+](=O)[O-])cc2)CC3)cc1. The van der Waals surface area contributed by atoms with Crippen LogP contribution in [0.4, 0.5) is 22.7 Å². The van der Waals surface area contributed by atoms with Crippen molar-refractivity contribution in [1.82, 2.24) is 0 Å². The predicted octanol–water partition coefficient (Wildman–Crippen LogP) is 15.9. The molecule has 0 saturated carbocycles. The van der Waals surface area contributed by atoms with Crippen molar-refractivity contribution in [1.29, 1.82) is 0 Å². The summed E-state index contributed by atoms with van der Waals surface area (Å²) < 4.78 is 0. The molecule has 6 aromatic carbocycles. The third-order valence-corrected chi connectivity index (χ3v) is 13.1. The molecule has 4 aliphatic carbocycles. The maximum Gasteiger partial charge on any atom is 0.269 e. The highest BCUT2D eigenvalue weighted by Gasteiger charge is 2.16. The van der Waals surface area contributed by atoms with Crippen LogP contribution in [0.25, 0.3) is 48.6 Å². The molecule has 10 nitrogen and oxygen atoms in total. The Balaban J connectivity index is 1.25. The van der Waals surface area contributed by atoms with Gasteiger partial charge in [-0.15, -0.1) is 0 Å². The zero-order chi connectivity index (χ0) is 49.2. The molecule has 0 radical (unpaired) electrons. The van der Waals surface area contributed by atoms with Crippen molar-refractivity contribution in [2.75, 3.05) is 18.0 Å². The molecule has 0 unspecified atom stereocenters. The molecule has 0 amide bonds. The minimum absolute atomic E-state index is 0.0401. The minimum Gasteiger partial charge on any atom is -0.372 e. The van der Waals surface area contributed by atoms with E-state index < -0.39 is 9.85 Å². The van der Waals surface area contributed by atoms with Gasteiger partial charge in [-0.25, -0.2) is 0 Å². The maximum absolute atomic E-state index is 11.4. The second-order valence-electron chi connectivity index (χ2n) is 18.1. The van der Waals surface area contributed by atoms with E-state index in [0.29, 0.717) is 19.3 Å². The van der Waals surface area contributed by atoms with Crippen LogP contribution in [0.1, 0.15) is 132 Å². The van der Waals surface area contributed by atoms with Crippen molar-refractivity contribution in [2.45, 2.75) is 90.9 Å². The van der Waals surface area contributed by atoms with Crippen molar-refractivity contribution >= 4 is 71.4 Å². The molecule has 4 bridgehead atoms. The number of hydrogen-bond acceptors (Lipinski definition) is 7. The molecule has 6 aromatic rings. The number of non-ortho nitro benzene ring substituents is 3. The number of anilines is 1. The van der Waals surface area contributed by atoms with Crippen LogP contribution in [0.3, 0.4) is 0 Å². The lowest BCUT2D eigenvalue weighted by atomic mass is 9.86. The molecule has 0 N–H and O–H groups in total. The first-order valence-electron chi connectivity index (χ1n) is 24.7. The molecule has 358 valence electrons. The smallest absolute Gasteiger partial charge is 0.269 e. The Bertz CT molecular complexity index is 2850. The van der Waals surface area contributed by atoms with E-state index in [2.05, 4.69) is 97.7 Å². The Hall–Kier alpha value is -7.72. The van der Waals surface area contributed by atoms with Crippen LogP contribution in [0, 0.1) is 30.3 Å². The molecule has 0 atom stereocenters. The zero-order valence-electron chi connectivity index (χ0n) is 40.3. The zero-order valence-corrected chi connectivity index (χ0v) is 40.3. The summed E-state index contributed by atoms with van der Waals surface area (Å²) in [6, 6.07) is 37.8. The van der Waals surface area contributed by atoms with E-state index in [1.807, 2.05) is 18.2 Å². The van der Waals surface area contributed by atoms with E-state index in [0.717, 1.165) is 80.7 Å². The number of nitro benzene ring substituents is 3. The van der Waals surface area contributed by atoms with Gasteiger partial charge in [-0.2, -0.15) is 0 Å². The van der Waals surface area contributed by atoms with Gasteiger partial charge in [-0.1, -0.05) is 137 Å². The van der Waals surface area contributed by atoms with Gasteiger partial charge in [0.1, 0.15) is 0 Å². The van der Waals surface area contributed by atoms with Crippen molar-refractivity contribution in [3.8, 4) is 0 Å². The van der Waals surface area contributed by atoms with E-state index in [4.69, 9.17) is 0 Å². The van der Waals surface area contributed by atoms with Crippen LogP contribution in [-0.2, 0) is 25.7 Å². The lowest BCUT2D eigenvalue weighted by molar-refractivity contribution is -0.385. The normalized spacial score (nSPS) is 12.6. The largest absolute Gasteiger partial charge is 0.372 e. The second kappa shape index (κ2) is 25.1. The predicted molar refractivity (Wildman–Crippen MR) is 290 cm³/mol. The van der Waals surface area contributed by atoms with Crippen LogP contribution < -0.4 is 4.90 Å². The Morgan fingerprint density at radius 3 is 0.914 bits per heavy atom. The molecule has 0 saturated heterocycles. The molecular weight excluding hydrogens is 873 g/mol. The lowest BCUT2D eigenvalue weighted by Crippen LogP contribution is -2.25. The summed E-state index contributed by atoms with van der Waals surface area (Å²) in [6.45, 7) is 6.67. The van der Waals surface area contributed by atoms with E-state index >= 15 is 0 Å². The Morgan fingerprint density at radius 1 is 0.386 bits per heavy atom. The molecule has 0 aromatic heterocycles. The average molecular weight is 935 g/mol. The van der Waals surface area contributed by atoms with Crippen LogP contribution in [0.5, 0.6) is 0 Å². The third-order valence-electron chi connectivity index (χ3n) is 13.1. The summed E-state index contributed by atoms with van der Waals surface area (Å²) >= 11 is 0. The van der Waals surface area contributed by atoms with Gasteiger partial charge in [0.05, 0.1) is 14.8 Å². The standard InChI is InChI=1S/C60H62N4O6/c1-3-5-7-9-39-61(40-10-8-6-4-2)57-31-15-45(16-32-57)11-23-49-41-54-29-30-56-44-51(25-13-47-19-35-59(36-20-47)63(67)68)55(43-52(56)26-14-48-21-37-60(38-22-48)64(69)70)28-27-53(49)42-50(54)24-12-46-17-33-58(34-18-46)62(65)66/h11-26,31-38,41-44H,3-10,27-30,39-40H2,1-2H3/b23-11+,24-12+,25-13+,26-14-. The Labute approximate surface area is 411 Å². The number of aryl methyl sites for hydroxylation is 4. The van der Waals surface area contributed by atoms with Gasteiger partial charge in [0.25, 0.3) is 17.1 Å². The number of benzene rings is 6. The first-order valence-corrected chi connectivity index (χ1v) is 24.7. The summed E-state index contributed by atoms with van der Waals surface area (Å²) in [6.07, 6.45) is 29.5. The van der Waals surface area contributed by atoms with Crippen LogP contribution >= 0.6 is 0 Å². The highest BCUT2D eigenvalue weighted by molar-refractivity contribution is 5.79. The summed E-state index contributed by atoms with van der Waals surface area (Å²) in [5.41, 5.74) is 14.1. The van der Waals surface area contributed by atoms with Crippen molar-refractivity contribution in [3.05, 3.63) is 218 Å². The van der Waals surface area contributed by atoms with Crippen LogP contribution in [0.15, 0.2) is 121 Å². The van der Waals surface area contributed by atoms with Gasteiger partial charge in [-0.05, 0) is 154 Å². The van der Waals surface area contributed by atoms with Crippen LogP contribution in [-0.4, -0.2) is 27.9 Å². The van der Waals surface area contributed by atoms with E-state index in [-0.39, 0.29) is 22.0 Å². The monoisotopic (exact) mass is 934 g/mol. The molecule has 0 fully saturated rings. The topological polar surface area (TPSA) is 133 Å². The van der Waals surface area contributed by atoms with Gasteiger partial charge in [0.15, 0.2) is 0 Å². The number of unbranched alkanes of at least 4 members (excludes halogenated alkanes) is 6. The summed E-state index contributed by atoms with van der Waals surface area (Å²) in [5, 5.41) is 34.1. The van der Waals surface area contributed by atoms with Crippen molar-refractivity contribution in [2.24, 2.45) is 0 Å². The number of nitro groups is 3. The summed E-state index contributed by atoms with van der Waals surface area (Å²) in [4.78, 5) is 35.5. The number of nitrogens with zero attached hydrogens (tertiary/aromatic N) is 4. The van der Waals surface area contributed by atoms with Gasteiger partial charge in [0, 0.05) is 55.2 Å². The fourth-order valence-electron chi connectivity index (χ4n) is 8.97. The average Bonchev–Trinajstić information content (AvgIpc) is 3.37. The van der Waals surface area contributed by atoms with Gasteiger partial charge >= 0.3 is 0 Å². The molecule has 0 spiro atoms. The molecule has 0 heterocycles. The first-order chi connectivity index (χ1) is 34.1. The van der Waals surface area contributed by atoms with E-state index in [1.165, 1.54) is 99.0 Å². The van der Waals surface area contributed by atoms with Crippen molar-refractivity contribution in [3.63, 3.8) is 0 Å². The summed E-state index contributed by atoms with van der Waals surface area (Å²) in [7, 11) is 0. The van der Waals surface area contributed by atoms with Crippen molar-refractivity contribution < 1.29 is 14.8 Å². The highest BCUT2D eigenvalue weighted by atomic mass is 16.6. The van der Waals surface area contributed by atoms with Gasteiger partial charge in [-0.3, -0.25) is 30.3 Å². The van der Waals surface area contributed by atoms with Gasteiger partial charge in [0.2, 0.25) is 0 Å². The van der Waals surface area contributed by atoms with Crippen LogP contribution in [0.2, 0.25) is 0 Å². The minimum atomic E-state index is -0.398. The molecule has 4 aliphatic rings. The number of hydrogen-bond donors (Lipinski definition) is 0. The molecule has 10 heteroatoms. The van der Waals surface area contributed by atoms with E-state index in [9.17, 15) is 30.3 Å². The second-order valence-corrected chi connectivity index (χ2v) is 18.1. The number of rotatable bonds is 22. The fourth-order valence-corrected chi connectivity index (χ4v) is 8.97. The quantitative estimate of drug-likeness (QED) is 0.0286. The molecule has 0 aliphatic heterocycles. The summed E-state index contributed by atoms with van der Waals surface area (Å²) in [5.74, 6) is 0. The Kier molecular flexibility index (Phi) is 18.0. The third kappa shape index (κ3) is 14.2. The van der Waals surface area contributed by atoms with E-state index in [1.54, 1.807) is 36.4 Å². The first kappa shape index (κ1) is 50.2. The molecular formula is C60H62N4O6. The fraction of sp³-hybridized carbons (Fsp3) is 0.267. The Morgan fingerprint density at radius 2 is 0.657 bits per heavy atom. The highest BCUT2D eigenvalue weighted by Crippen LogP contribution is 2.31. The molecule has 10 rings (SSSR count). The lowest BCUT2D eigenvalue weighted by Gasteiger charge is -2.25.